The molecule has 0 radical (unpaired) electrons. The van der Waals surface area contributed by atoms with Crippen LogP contribution >= 0.6 is 11.6 Å². The third kappa shape index (κ3) is 3.15. The first kappa shape index (κ1) is 14.9. The van der Waals surface area contributed by atoms with Gasteiger partial charge in [0, 0.05) is 25.3 Å². The van der Waals surface area contributed by atoms with Crippen molar-refractivity contribution in [3.05, 3.63) is 23.0 Å². The molecule has 1 atom stereocenters. The van der Waals surface area contributed by atoms with E-state index in [1.165, 1.54) is 0 Å². The fourth-order valence-corrected chi connectivity index (χ4v) is 2.96. The van der Waals surface area contributed by atoms with E-state index < -0.39 is 5.97 Å². The number of aryl methyl sites for hydroxylation is 1. The summed E-state index contributed by atoms with van der Waals surface area (Å²) in [6.45, 7) is 3.38. The Morgan fingerprint density at radius 1 is 1.50 bits per heavy atom. The van der Waals surface area contributed by atoms with E-state index >= 15 is 0 Å². The maximum atomic E-state index is 12.6. The molecule has 20 heavy (non-hydrogen) atoms. The van der Waals surface area contributed by atoms with Gasteiger partial charge in [-0.25, -0.2) is 0 Å². The summed E-state index contributed by atoms with van der Waals surface area (Å²) in [5, 5.41) is 9.46. The maximum Gasteiger partial charge on any atom is 0.305 e. The van der Waals surface area contributed by atoms with Crippen LogP contribution in [0.4, 0.5) is 0 Å². The zero-order valence-corrected chi connectivity index (χ0v) is 12.3. The van der Waals surface area contributed by atoms with Gasteiger partial charge in [0.25, 0.3) is 5.91 Å². The molecule has 0 aromatic carbocycles. The summed E-state index contributed by atoms with van der Waals surface area (Å²) in [4.78, 5) is 25.1. The predicted molar refractivity (Wildman–Crippen MR) is 76.0 cm³/mol. The Hall–Kier alpha value is -1.49. The van der Waals surface area contributed by atoms with Crippen LogP contribution in [0.15, 0.2) is 12.3 Å². The number of carbonyl (C=O) groups excluding carboxylic acids is 1. The molecular weight excluding hydrogens is 280 g/mol. The Morgan fingerprint density at radius 3 is 2.90 bits per heavy atom. The Bertz CT molecular complexity index is 513. The summed E-state index contributed by atoms with van der Waals surface area (Å²) in [5.74, 6) is -0.981. The van der Waals surface area contributed by atoms with E-state index in [2.05, 4.69) is 0 Å². The van der Waals surface area contributed by atoms with E-state index in [-0.39, 0.29) is 18.4 Å². The summed E-state index contributed by atoms with van der Waals surface area (Å²) in [6.07, 6.45) is 4.27. The largest absolute Gasteiger partial charge is 0.481 e. The first-order chi connectivity index (χ1) is 9.52. The molecule has 1 aliphatic heterocycles. The lowest BCUT2D eigenvalue weighted by Crippen LogP contribution is -2.37. The Labute approximate surface area is 123 Å². The van der Waals surface area contributed by atoms with Crippen molar-refractivity contribution in [1.29, 1.82) is 0 Å². The monoisotopic (exact) mass is 298 g/mol. The van der Waals surface area contributed by atoms with Crippen molar-refractivity contribution < 1.29 is 14.7 Å². The highest BCUT2D eigenvalue weighted by atomic mass is 35.5. The van der Waals surface area contributed by atoms with Crippen LogP contribution < -0.4 is 0 Å². The Kier molecular flexibility index (Phi) is 4.70. The van der Waals surface area contributed by atoms with Gasteiger partial charge in [0.15, 0.2) is 0 Å². The molecule has 0 aliphatic carbocycles. The molecule has 2 rings (SSSR count). The number of aliphatic carboxylic acids is 1. The zero-order valence-electron chi connectivity index (χ0n) is 11.5. The minimum atomic E-state index is -0.864. The summed E-state index contributed by atoms with van der Waals surface area (Å²) < 4.78 is 1.85. The second kappa shape index (κ2) is 6.31. The molecule has 1 unspecified atom stereocenters. The number of amides is 1. The van der Waals surface area contributed by atoms with Crippen molar-refractivity contribution in [2.45, 2.75) is 45.2 Å². The highest BCUT2D eigenvalue weighted by Gasteiger charge is 2.32. The third-order valence-corrected chi connectivity index (χ3v) is 3.80. The van der Waals surface area contributed by atoms with Crippen LogP contribution in [0.25, 0.3) is 0 Å². The molecule has 1 N–H and O–H groups in total. The lowest BCUT2D eigenvalue weighted by atomic mass is 10.1. The van der Waals surface area contributed by atoms with Gasteiger partial charge in [0.1, 0.15) is 5.69 Å². The van der Waals surface area contributed by atoms with Gasteiger partial charge in [0.2, 0.25) is 0 Å². The van der Waals surface area contributed by atoms with Gasteiger partial charge >= 0.3 is 5.97 Å². The molecule has 1 aromatic heterocycles. The minimum Gasteiger partial charge on any atom is -0.481 e. The molecule has 0 saturated carbocycles. The molecule has 0 bridgehead atoms. The molecule has 0 spiro atoms. The van der Waals surface area contributed by atoms with Crippen LogP contribution in [0.5, 0.6) is 0 Å². The SMILES string of the molecule is CCCn1cc(Cl)cc1C(=O)N1CCCC1CC(=O)O. The first-order valence-corrected chi connectivity index (χ1v) is 7.29. The lowest BCUT2D eigenvalue weighted by Gasteiger charge is -2.24. The summed E-state index contributed by atoms with van der Waals surface area (Å²) in [7, 11) is 0. The van der Waals surface area contributed by atoms with Crippen LogP contribution in [0.1, 0.15) is 43.1 Å². The lowest BCUT2D eigenvalue weighted by molar-refractivity contribution is -0.137. The van der Waals surface area contributed by atoms with Gasteiger partial charge < -0.3 is 14.6 Å². The van der Waals surface area contributed by atoms with E-state index in [1.807, 2.05) is 11.5 Å². The number of likely N-dealkylation sites (tertiary alicyclic amines) is 1. The Morgan fingerprint density at radius 2 is 2.25 bits per heavy atom. The summed E-state index contributed by atoms with van der Waals surface area (Å²) in [6, 6.07) is 1.46. The van der Waals surface area contributed by atoms with Gasteiger partial charge in [-0.3, -0.25) is 9.59 Å². The molecule has 5 nitrogen and oxygen atoms in total. The van der Waals surface area contributed by atoms with E-state index in [0.29, 0.717) is 17.3 Å². The average Bonchev–Trinajstić information content (AvgIpc) is 2.95. The van der Waals surface area contributed by atoms with Crippen molar-refractivity contribution in [2.75, 3.05) is 6.54 Å². The van der Waals surface area contributed by atoms with Crippen molar-refractivity contribution in [3.8, 4) is 0 Å². The quantitative estimate of drug-likeness (QED) is 0.909. The van der Waals surface area contributed by atoms with Crippen molar-refractivity contribution in [1.82, 2.24) is 9.47 Å². The number of halogens is 1. The smallest absolute Gasteiger partial charge is 0.305 e. The van der Waals surface area contributed by atoms with E-state index in [4.69, 9.17) is 16.7 Å². The predicted octanol–water partition coefficient (Wildman–Crippen LogP) is 2.63. The molecule has 1 amide bonds. The number of carboxylic acid groups (broad SMARTS) is 1. The van der Waals surface area contributed by atoms with Crippen LogP contribution in [-0.2, 0) is 11.3 Å². The number of carbonyl (C=O) groups is 2. The average molecular weight is 299 g/mol. The fourth-order valence-electron chi connectivity index (χ4n) is 2.74. The number of nitrogens with zero attached hydrogens (tertiary/aromatic N) is 2. The van der Waals surface area contributed by atoms with Crippen LogP contribution in [-0.4, -0.2) is 39.0 Å². The summed E-state index contributed by atoms with van der Waals surface area (Å²) >= 11 is 5.99. The number of rotatable bonds is 5. The highest BCUT2D eigenvalue weighted by molar-refractivity contribution is 6.31. The van der Waals surface area contributed by atoms with Crippen molar-refractivity contribution >= 4 is 23.5 Å². The Balaban J connectivity index is 2.19. The van der Waals surface area contributed by atoms with Crippen LogP contribution in [0.3, 0.4) is 0 Å². The number of aromatic nitrogens is 1. The van der Waals surface area contributed by atoms with Crippen LogP contribution in [0, 0.1) is 0 Å². The van der Waals surface area contributed by atoms with Crippen molar-refractivity contribution in [2.24, 2.45) is 0 Å². The molecule has 110 valence electrons. The standard InChI is InChI=1S/C14H19ClN2O3/c1-2-5-16-9-10(15)7-12(16)14(20)17-6-3-4-11(17)8-13(18)19/h7,9,11H,2-6,8H2,1H3,(H,18,19). The van der Waals surface area contributed by atoms with Gasteiger partial charge in [-0.1, -0.05) is 18.5 Å². The van der Waals surface area contributed by atoms with Crippen molar-refractivity contribution in [3.63, 3.8) is 0 Å². The fraction of sp³-hybridized carbons (Fsp3) is 0.571. The topological polar surface area (TPSA) is 62.5 Å². The maximum absolute atomic E-state index is 12.6. The number of hydrogen-bond donors (Lipinski definition) is 1. The molecule has 1 fully saturated rings. The van der Waals surface area contributed by atoms with Gasteiger partial charge in [-0.2, -0.15) is 0 Å². The van der Waals surface area contributed by atoms with Gasteiger partial charge in [0.05, 0.1) is 11.4 Å². The molecular formula is C14H19ClN2O3. The molecule has 6 heteroatoms. The number of carboxylic acids is 1. The van der Waals surface area contributed by atoms with E-state index in [9.17, 15) is 9.59 Å². The summed E-state index contributed by atoms with van der Waals surface area (Å²) in [5.41, 5.74) is 0.550. The molecule has 2 heterocycles. The molecule has 1 saturated heterocycles. The third-order valence-electron chi connectivity index (χ3n) is 3.60. The van der Waals surface area contributed by atoms with Crippen LogP contribution in [0.2, 0.25) is 5.02 Å². The van der Waals surface area contributed by atoms with Gasteiger partial charge in [-0.15, -0.1) is 0 Å². The normalized spacial score (nSPS) is 18.5. The second-order valence-electron chi connectivity index (χ2n) is 5.13. The van der Waals surface area contributed by atoms with E-state index in [1.54, 1.807) is 17.2 Å². The zero-order chi connectivity index (χ0) is 14.7. The number of hydrogen-bond acceptors (Lipinski definition) is 2. The minimum absolute atomic E-state index is 0.00790. The van der Waals surface area contributed by atoms with E-state index in [0.717, 1.165) is 25.8 Å². The first-order valence-electron chi connectivity index (χ1n) is 6.91. The highest BCUT2D eigenvalue weighted by Crippen LogP contribution is 2.24. The second-order valence-corrected chi connectivity index (χ2v) is 5.57. The van der Waals surface area contributed by atoms with Gasteiger partial charge in [-0.05, 0) is 25.3 Å². The molecule has 1 aliphatic rings. The molecule has 1 aromatic rings.